The predicted molar refractivity (Wildman–Crippen MR) is 57.2 cm³/mol. The van der Waals surface area contributed by atoms with Crippen molar-refractivity contribution in [3.05, 3.63) is 29.6 Å². The van der Waals surface area contributed by atoms with Gasteiger partial charge in [-0.2, -0.15) is 0 Å². The Labute approximate surface area is 89.0 Å². The van der Waals surface area contributed by atoms with Crippen LogP contribution in [0.2, 0.25) is 0 Å². The van der Waals surface area contributed by atoms with Gasteiger partial charge in [-0.3, -0.25) is 4.79 Å². The van der Waals surface area contributed by atoms with E-state index in [9.17, 15) is 9.18 Å². The van der Waals surface area contributed by atoms with Crippen molar-refractivity contribution in [2.24, 2.45) is 5.41 Å². The SMILES string of the molecule is CC1(C)C[C@]12C(=O)Nc1ccc(F)cc12.[HH]. The zero-order valence-electron chi connectivity index (χ0n) is 8.73. The van der Waals surface area contributed by atoms with Gasteiger partial charge in [-0.1, -0.05) is 13.8 Å². The molecule has 0 aromatic heterocycles. The summed E-state index contributed by atoms with van der Waals surface area (Å²) in [6.07, 6.45) is 0.808. The van der Waals surface area contributed by atoms with Crippen molar-refractivity contribution in [3.63, 3.8) is 0 Å². The highest BCUT2D eigenvalue weighted by Gasteiger charge is 2.70. The quantitative estimate of drug-likeness (QED) is 0.696. The molecule has 1 aliphatic carbocycles. The molecule has 1 spiro atoms. The van der Waals surface area contributed by atoms with Gasteiger partial charge in [0.1, 0.15) is 5.82 Å². The molecule has 15 heavy (non-hydrogen) atoms. The van der Waals surface area contributed by atoms with Gasteiger partial charge < -0.3 is 5.32 Å². The molecular weight excluding hydrogens is 193 g/mol. The Morgan fingerprint density at radius 1 is 1.47 bits per heavy atom. The molecule has 1 aromatic carbocycles. The van der Waals surface area contributed by atoms with E-state index in [0.717, 1.165) is 17.7 Å². The molecular formula is C12H14FNO. The Hall–Kier alpha value is -1.38. The van der Waals surface area contributed by atoms with Crippen LogP contribution in [0.4, 0.5) is 10.1 Å². The number of nitrogens with one attached hydrogen (secondary N) is 1. The minimum atomic E-state index is -0.468. The third kappa shape index (κ3) is 0.863. The first-order chi connectivity index (χ1) is 6.97. The van der Waals surface area contributed by atoms with Gasteiger partial charge in [-0.25, -0.2) is 4.39 Å². The average molecular weight is 207 g/mol. The zero-order chi connectivity index (χ0) is 10.8. The van der Waals surface area contributed by atoms with Gasteiger partial charge in [-0.05, 0) is 35.6 Å². The highest BCUT2D eigenvalue weighted by molar-refractivity contribution is 6.09. The number of hydrogen-bond donors (Lipinski definition) is 1. The molecule has 3 heteroatoms. The smallest absolute Gasteiger partial charge is 0.235 e. The maximum atomic E-state index is 13.2. The molecule has 1 atom stereocenters. The van der Waals surface area contributed by atoms with Gasteiger partial charge in [0.15, 0.2) is 0 Å². The molecule has 1 aliphatic heterocycles. The minimum Gasteiger partial charge on any atom is -0.325 e. The molecule has 1 N–H and O–H groups in total. The van der Waals surface area contributed by atoms with Crippen molar-refractivity contribution in [2.75, 3.05) is 5.32 Å². The summed E-state index contributed by atoms with van der Waals surface area (Å²) in [5.41, 5.74) is 1.09. The topological polar surface area (TPSA) is 29.1 Å². The van der Waals surface area contributed by atoms with Gasteiger partial charge in [0.2, 0.25) is 5.91 Å². The van der Waals surface area contributed by atoms with Gasteiger partial charge in [0.25, 0.3) is 0 Å². The summed E-state index contributed by atoms with van der Waals surface area (Å²) < 4.78 is 13.2. The normalized spacial score (nSPS) is 30.2. The molecule has 1 amide bonds. The number of amides is 1. The number of rotatable bonds is 0. The largest absolute Gasteiger partial charge is 0.325 e. The molecule has 1 heterocycles. The second kappa shape index (κ2) is 2.23. The first kappa shape index (κ1) is 8.89. The highest BCUT2D eigenvalue weighted by Crippen LogP contribution is 2.68. The molecule has 1 saturated carbocycles. The lowest BCUT2D eigenvalue weighted by Crippen LogP contribution is -2.24. The van der Waals surface area contributed by atoms with Crippen molar-refractivity contribution >= 4 is 11.6 Å². The monoisotopic (exact) mass is 207 g/mol. The average Bonchev–Trinajstić information content (AvgIpc) is 2.63. The van der Waals surface area contributed by atoms with Crippen LogP contribution in [0.1, 0.15) is 27.3 Å². The predicted octanol–water partition coefficient (Wildman–Crippen LogP) is 2.69. The number of carbonyl (C=O) groups excluding carboxylic acids is 1. The summed E-state index contributed by atoms with van der Waals surface area (Å²) >= 11 is 0. The summed E-state index contributed by atoms with van der Waals surface area (Å²) in [5, 5.41) is 2.83. The molecule has 2 aliphatic rings. The van der Waals surface area contributed by atoms with Crippen LogP contribution in [0.25, 0.3) is 0 Å². The van der Waals surface area contributed by atoms with E-state index in [0.29, 0.717) is 0 Å². The number of hydrogen-bond acceptors (Lipinski definition) is 1. The number of benzene rings is 1. The van der Waals surface area contributed by atoms with Crippen LogP contribution >= 0.6 is 0 Å². The summed E-state index contributed by atoms with van der Waals surface area (Å²) in [6.45, 7) is 4.10. The second-order valence-electron chi connectivity index (χ2n) is 5.11. The van der Waals surface area contributed by atoms with Crippen molar-refractivity contribution in [1.82, 2.24) is 0 Å². The highest BCUT2D eigenvalue weighted by atomic mass is 19.1. The number of anilines is 1. The van der Waals surface area contributed by atoms with E-state index in [1.807, 2.05) is 13.8 Å². The van der Waals surface area contributed by atoms with Crippen molar-refractivity contribution in [1.29, 1.82) is 0 Å². The van der Waals surface area contributed by atoms with Crippen LogP contribution in [0.3, 0.4) is 0 Å². The van der Waals surface area contributed by atoms with Crippen LogP contribution in [-0.4, -0.2) is 5.91 Å². The van der Waals surface area contributed by atoms with Crippen LogP contribution in [0.15, 0.2) is 18.2 Å². The molecule has 3 rings (SSSR count). The van der Waals surface area contributed by atoms with Gasteiger partial charge in [0, 0.05) is 7.11 Å². The van der Waals surface area contributed by atoms with E-state index >= 15 is 0 Å². The van der Waals surface area contributed by atoms with E-state index in [-0.39, 0.29) is 18.6 Å². The fourth-order valence-electron chi connectivity index (χ4n) is 2.80. The second-order valence-corrected chi connectivity index (χ2v) is 5.11. The number of halogens is 1. The fourth-order valence-corrected chi connectivity index (χ4v) is 2.80. The summed E-state index contributed by atoms with van der Waals surface area (Å²) in [6, 6.07) is 4.52. The third-order valence-electron chi connectivity index (χ3n) is 3.81. The van der Waals surface area contributed by atoms with Gasteiger partial charge in [-0.15, -0.1) is 0 Å². The maximum absolute atomic E-state index is 13.2. The standard InChI is InChI=1S/C12H12FNO.H2/c1-11(2)6-12(11)8-5-7(13)3-4-9(8)14-10(12)15;/h3-5H,6H2,1-2H3,(H,14,15);1H/t12-;/m0./s1. The molecule has 0 radical (unpaired) electrons. The lowest BCUT2D eigenvalue weighted by atomic mass is 9.89. The van der Waals surface area contributed by atoms with Crippen molar-refractivity contribution < 1.29 is 10.6 Å². The van der Waals surface area contributed by atoms with Crippen molar-refractivity contribution in [3.8, 4) is 0 Å². The molecule has 0 bridgehead atoms. The fraction of sp³-hybridized carbons (Fsp3) is 0.417. The molecule has 0 saturated heterocycles. The molecule has 2 nitrogen and oxygen atoms in total. The van der Waals surface area contributed by atoms with Crippen LogP contribution in [0, 0.1) is 11.2 Å². The number of carbonyl (C=O) groups is 1. The van der Waals surface area contributed by atoms with Gasteiger partial charge >= 0.3 is 0 Å². The maximum Gasteiger partial charge on any atom is 0.235 e. The Morgan fingerprint density at radius 2 is 2.13 bits per heavy atom. The van der Waals surface area contributed by atoms with E-state index < -0.39 is 5.41 Å². The lowest BCUT2D eigenvalue weighted by Gasteiger charge is -2.11. The van der Waals surface area contributed by atoms with E-state index in [4.69, 9.17) is 0 Å². The number of fused-ring (bicyclic) bond motifs is 2. The van der Waals surface area contributed by atoms with E-state index in [1.54, 1.807) is 6.07 Å². The molecule has 1 aromatic rings. The first-order valence-corrected chi connectivity index (χ1v) is 5.09. The van der Waals surface area contributed by atoms with Crippen LogP contribution < -0.4 is 5.32 Å². The van der Waals surface area contributed by atoms with E-state index in [2.05, 4.69) is 5.32 Å². The molecule has 80 valence electrons. The first-order valence-electron chi connectivity index (χ1n) is 5.09. The van der Waals surface area contributed by atoms with Gasteiger partial charge in [0.05, 0.1) is 5.41 Å². The lowest BCUT2D eigenvalue weighted by molar-refractivity contribution is -0.118. The Morgan fingerprint density at radius 3 is 2.73 bits per heavy atom. The third-order valence-corrected chi connectivity index (χ3v) is 3.81. The minimum absolute atomic E-state index is 0. The summed E-state index contributed by atoms with van der Waals surface area (Å²) in [4.78, 5) is 11.9. The van der Waals surface area contributed by atoms with E-state index in [1.165, 1.54) is 12.1 Å². The molecule has 1 fully saturated rings. The van der Waals surface area contributed by atoms with Crippen LogP contribution in [0.5, 0.6) is 0 Å². The Balaban J connectivity index is 0.000000963. The Kier molecular flexibility index (Phi) is 1.32. The summed E-state index contributed by atoms with van der Waals surface area (Å²) in [5.74, 6) is -0.250. The van der Waals surface area contributed by atoms with Crippen molar-refractivity contribution in [2.45, 2.75) is 25.7 Å². The molecule has 0 unspecified atom stereocenters. The summed E-state index contributed by atoms with van der Waals surface area (Å²) in [7, 11) is 0. The van der Waals surface area contributed by atoms with Crippen LogP contribution in [-0.2, 0) is 10.2 Å². The Bertz CT molecular complexity index is 486. The zero-order valence-corrected chi connectivity index (χ0v) is 8.73.